The lowest BCUT2D eigenvalue weighted by molar-refractivity contribution is 0.0940. The summed E-state index contributed by atoms with van der Waals surface area (Å²) in [5.74, 6) is -0.460. The number of pyridine rings is 1. The van der Waals surface area contributed by atoms with Crippen molar-refractivity contribution < 1.29 is 23.8 Å². The molecule has 2 aromatic carbocycles. The van der Waals surface area contributed by atoms with Gasteiger partial charge in [-0.05, 0) is 36.2 Å². The number of hydrogen-bond donors (Lipinski definition) is 3. The molecule has 7 nitrogen and oxygen atoms in total. The number of fused-ring (bicyclic) bond motifs is 1. The summed E-state index contributed by atoms with van der Waals surface area (Å²) in [6, 6.07) is 9.12. The molecule has 0 spiro atoms. The van der Waals surface area contributed by atoms with Crippen LogP contribution in [0, 0.1) is 5.82 Å². The Balaban J connectivity index is 2.31. The monoisotopic (exact) mass is 414 g/mol. The van der Waals surface area contributed by atoms with E-state index in [1.54, 1.807) is 24.3 Å². The Morgan fingerprint density at radius 2 is 1.93 bits per heavy atom. The van der Waals surface area contributed by atoms with Gasteiger partial charge < -0.3 is 24.9 Å². The van der Waals surface area contributed by atoms with Crippen LogP contribution in [0.4, 0.5) is 4.39 Å². The van der Waals surface area contributed by atoms with Gasteiger partial charge >= 0.3 is 0 Å². The zero-order valence-corrected chi connectivity index (χ0v) is 16.8. The van der Waals surface area contributed by atoms with Gasteiger partial charge in [0, 0.05) is 6.54 Å². The van der Waals surface area contributed by atoms with E-state index < -0.39 is 17.2 Å². The summed E-state index contributed by atoms with van der Waals surface area (Å²) in [6.07, 6.45) is 0.719. The first kappa shape index (κ1) is 21.3. The number of aliphatic hydroxyl groups is 1. The molecule has 0 aliphatic rings. The first-order chi connectivity index (χ1) is 14.5. The van der Waals surface area contributed by atoms with Crippen molar-refractivity contribution in [3.63, 3.8) is 0 Å². The van der Waals surface area contributed by atoms with Crippen LogP contribution in [0.2, 0.25) is 0 Å². The van der Waals surface area contributed by atoms with E-state index in [2.05, 4.69) is 10.3 Å². The molecule has 1 heterocycles. The number of methoxy groups -OCH3 is 1. The number of halogens is 1. The molecular weight excluding hydrogens is 391 g/mol. The zero-order valence-electron chi connectivity index (χ0n) is 16.8. The molecular formula is C22H23FN2O5. The average Bonchev–Trinajstić information content (AvgIpc) is 2.76. The molecule has 0 saturated heterocycles. The second-order valence-corrected chi connectivity index (χ2v) is 6.56. The lowest BCUT2D eigenvalue weighted by Crippen LogP contribution is -2.29. The molecule has 0 aliphatic heterocycles. The van der Waals surface area contributed by atoms with Gasteiger partial charge in [0.25, 0.3) is 5.91 Å². The van der Waals surface area contributed by atoms with E-state index in [0.717, 1.165) is 6.42 Å². The molecule has 3 N–H and O–H groups in total. The van der Waals surface area contributed by atoms with Crippen LogP contribution < -0.4 is 20.2 Å². The minimum Gasteiger partial charge on any atom is -0.497 e. The fraction of sp³-hybridized carbons (Fsp3) is 0.273. The molecule has 3 aromatic rings. The van der Waals surface area contributed by atoms with Gasteiger partial charge in [0.1, 0.15) is 23.0 Å². The van der Waals surface area contributed by atoms with Crippen LogP contribution in [0.5, 0.6) is 11.5 Å². The van der Waals surface area contributed by atoms with Crippen LogP contribution >= 0.6 is 0 Å². The molecule has 0 saturated carbocycles. The summed E-state index contributed by atoms with van der Waals surface area (Å²) in [4.78, 5) is 29.0. The van der Waals surface area contributed by atoms with E-state index in [1.165, 1.54) is 19.2 Å². The first-order valence-electron chi connectivity index (χ1n) is 9.56. The molecule has 1 aromatic heterocycles. The third-order valence-electron chi connectivity index (χ3n) is 4.54. The fourth-order valence-electron chi connectivity index (χ4n) is 3.12. The Kier molecular flexibility index (Phi) is 6.68. The third-order valence-corrected chi connectivity index (χ3v) is 4.54. The molecule has 0 unspecified atom stereocenters. The number of carbonyl (C=O) groups is 1. The summed E-state index contributed by atoms with van der Waals surface area (Å²) >= 11 is 0. The number of aromatic nitrogens is 1. The lowest BCUT2D eigenvalue weighted by atomic mass is 9.99. The summed E-state index contributed by atoms with van der Waals surface area (Å²) < 4.78 is 25.5. The fourth-order valence-corrected chi connectivity index (χ4v) is 3.12. The van der Waals surface area contributed by atoms with Gasteiger partial charge in [0.05, 0.1) is 36.8 Å². The second kappa shape index (κ2) is 9.41. The third kappa shape index (κ3) is 4.13. The molecule has 0 aliphatic carbocycles. The molecule has 158 valence electrons. The summed E-state index contributed by atoms with van der Waals surface area (Å²) in [5, 5.41) is 11.4. The zero-order chi connectivity index (χ0) is 21.7. The maximum atomic E-state index is 14.7. The van der Waals surface area contributed by atoms with Crippen molar-refractivity contribution >= 4 is 16.8 Å². The van der Waals surface area contributed by atoms with Crippen molar-refractivity contribution in [1.82, 2.24) is 10.3 Å². The van der Waals surface area contributed by atoms with Crippen LogP contribution in [0.3, 0.4) is 0 Å². The van der Waals surface area contributed by atoms with Crippen LogP contribution in [0.25, 0.3) is 22.0 Å². The van der Waals surface area contributed by atoms with Gasteiger partial charge in [-0.3, -0.25) is 9.59 Å². The number of aromatic amines is 1. The molecule has 30 heavy (non-hydrogen) atoms. The predicted molar refractivity (Wildman–Crippen MR) is 112 cm³/mol. The Morgan fingerprint density at radius 1 is 1.20 bits per heavy atom. The SMILES string of the molecule is CCCOc1ccc(F)c2c(=O)c(-c3ccc(OC)cc3)c(C(=O)NCCO)[nH]c12. The number of carbonyl (C=O) groups excluding carboxylic acids is 1. The van der Waals surface area contributed by atoms with Crippen molar-refractivity contribution in [3.8, 4) is 22.6 Å². The van der Waals surface area contributed by atoms with Crippen molar-refractivity contribution in [2.75, 3.05) is 26.9 Å². The highest BCUT2D eigenvalue weighted by molar-refractivity contribution is 6.03. The van der Waals surface area contributed by atoms with E-state index >= 15 is 0 Å². The number of nitrogens with one attached hydrogen (secondary N) is 2. The van der Waals surface area contributed by atoms with Gasteiger partial charge in [-0.2, -0.15) is 0 Å². The lowest BCUT2D eigenvalue weighted by Gasteiger charge is -2.15. The number of benzene rings is 2. The molecule has 0 atom stereocenters. The first-order valence-corrected chi connectivity index (χ1v) is 9.56. The van der Waals surface area contributed by atoms with Crippen LogP contribution in [-0.4, -0.2) is 42.9 Å². The highest BCUT2D eigenvalue weighted by Gasteiger charge is 2.23. The number of H-pyrrole nitrogens is 1. The van der Waals surface area contributed by atoms with Gasteiger partial charge in [-0.25, -0.2) is 4.39 Å². The topological polar surface area (TPSA) is 101 Å². The van der Waals surface area contributed by atoms with Crippen molar-refractivity contribution in [3.05, 3.63) is 58.1 Å². The van der Waals surface area contributed by atoms with E-state index in [9.17, 15) is 14.0 Å². The highest BCUT2D eigenvalue weighted by atomic mass is 19.1. The Labute approximate surface area is 172 Å². The molecule has 0 bridgehead atoms. The van der Waals surface area contributed by atoms with Crippen LogP contribution in [0.1, 0.15) is 23.8 Å². The summed E-state index contributed by atoms with van der Waals surface area (Å²) in [5.41, 5.74) is -0.125. The molecule has 8 heteroatoms. The summed E-state index contributed by atoms with van der Waals surface area (Å²) in [7, 11) is 1.51. The van der Waals surface area contributed by atoms with Gasteiger partial charge in [-0.1, -0.05) is 19.1 Å². The largest absolute Gasteiger partial charge is 0.497 e. The van der Waals surface area contributed by atoms with Crippen molar-refractivity contribution in [1.29, 1.82) is 0 Å². The molecule has 0 fully saturated rings. The maximum absolute atomic E-state index is 14.7. The van der Waals surface area contributed by atoms with Gasteiger partial charge in [-0.15, -0.1) is 0 Å². The second-order valence-electron chi connectivity index (χ2n) is 6.56. The van der Waals surface area contributed by atoms with Crippen molar-refractivity contribution in [2.24, 2.45) is 0 Å². The number of hydrogen-bond acceptors (Lipinski definition) is 5. The van der Waals surface area contributed by atoms with Crippen LogP contribution in [0.15, 0.2) is 41.2 Å². The smallest absolute Gasteiger partial charge is 0.268 e. The van der Waals surface area contributed by atoms with E-state index in [1.807, 2.05) is 6.92 Å². The number of rotatable bonds is 8. The predicted octanol–water partition coefficient (Wildman–Crippen LogP) is 2.85. The minimum absolute atomic E-state index is 0.00327. The number of aliphatic hydroxyl groups excluding tert-OH is 1. The highest BCUT2D eigenvalue weighted by Crippen LogP contribution is 2.29. The Bertz CT molecular complexity index is 1110. The van der Waals surface area contributed by atoms with Crippen LogP contribution in [-0.2, 0) is 0 Å². The molecule has 1 amide bonds. The molecule has 0 radical (unpaired) electrons. The minimum atomic E-state index is -0.716. The maximum Gasteiger partial charge on any atom is 0.268 e. The Morgan fingerprint density at radius 3 is 2.57 bits per heavy atom. The van der Waals surface area contributed by atoms with E-state index in [4.69, 9.17) is 14.6 Å². The normalized spacial score (nSPS) is 10.8. The van der Waals surface area contributed by atoms with E-state index in [0.29, 0.717) is 17.9 Å². The van der Waals surface area contributed by atoms with E-state index in [-0.39, 0.29) is 41.1 Å². The number of amides is 1. The number of ether oxygens (including phenoxy) is 2. The Hall–Kier alpha value is -3.39. The van der Waals surface area contributed by atoms with Crippen molar-refractivity contribution in [2.45, 2.75) is 13.3 Å². The quantitative estimate of drug-likeness (QED) is 0.526. The summed E-state index contributed by atoms with van der Waals surface area (Å²) in [6.45, 7) is 2.03. The average molecular weight is 414 g/mol. The van der Waals surface area contributed by atoms with Gasteiger partial charge in [0.15, 0.2) is 0 Å². The molecule has 3 rings (SSSR count). The van der Waals surface area contributed by atoms with Gasteiger partial charge in [0.2, 0.25) is 5.43 Å². The standard InChI is InChI=1S/C22H23FN2O5/c1-3-12-30-16-9-8-15(23)18-19(16)25-20(22(28)24-10-11-26)17(21(18)27)13-4-6-14(29-2)7-5-13/h4-9,26H,3,10-12H2,1-2H3,(H,24,28)(H,25,27).